The number of hydrogen-bond acceptors (Lipinski definition) is 2. The first-order valence-electron chi connectivity index (χ1n) is 6.31. The summed E-state index contributed by atoms with van der Waals surface area (Å²) < 4.78 is 0. The third-order valence-corrected chi connectivity index (χ3v) is 3.06. The van der Waals surface area contributed by atoms with E-state index in [1.807, 2.05) is 12.1 Å². The van der Waals surface area contributed by atoms with E-state index in [9.17, 15) is 0 Å². The first-order chi connectivity index (χ1) is 8.65. The van der Waals surface area contributed by atoms with Crippen LogP contribution in [-0.2, 0) is 6.42 Å². The molecule has 0 bridgehead atoms. The van der Waals surface area contributed by atoms with Crippen LogP contribution in [0.4, 0.5) is 11.4 Å². The largest absolute Gasteiger partial charge is 0.397 e. The molecule has 0 amide bonds. The number of benzene rings is 2. The molecule has 2 aromatic carbocycles. The van der Waals surface area contributed by atoms with E-state index in [0.29, 0.717) is 0 Å². The highest BCUT2D eigenvalue weighted by Crippen LogP contribution is 2.19. The van der Waals surface area contributed by atoms with E-state index in [0.717, 1.165) is 24.3 Å². The molecule has 2 aromatic rings. The van der Waals surface area contributed by atoms with Gasteiger partial charge in [0.15, 0.2) is 0 Å². The summed E-state index contributed by atoms with van der Waals surface area (Å²) in [7, 11) is 0. The number of nitrogen functional groups attached to an aromatic ring is 1. The lowest BCUT2D eigenvalue weighted by Gasteiger charge is -2.10. The molecule has 0 atom stereocenters. The molecule has 0 unspecified atom stereocenters. The third kappa shape index (κ3) is 3.27. The van der Waals surface area contributed by atoms with Gasteiger partial charge in [0, 0.05) is 6.54 Å². The first-order valence-corrected chi connectivity index (χ1v) is 6.31. The summed E-state index contributed by atoms with van der Waals surface area (Å²) in [6.07, 6.45) is 1.01. The zero-order chi connectivity index (χ0) is 13.0. The maximum Gasteiger partial charge on any atom is 0.0576 e. The zero-order valence-corrected chi connectivity index (χ0v) is 11.0. The summed E-state index contributed by atoms with van der Waals surface area (Å²) >= 11 is 0. The van der Waals surface area contributed by atoms with Crippen molar-refractivity contribution in [3.8, 4) is 0 Å². The summed E-state index contributed by atoms with van der Waals surface area (Å²) in [6, 6.07) is 14.7. The van der Waals surface area contributed by atoms with Crippen molar-refractivity contribution in [2.45, 2.75) is 20.3 Å². The molecular weight excluding hydrogens is 220 g/mol. The molecule has 0 saturated heterocycles. The van der Waals surface area contributed by atoms with Crippen LogP contribution >= 0.6 is 0 Å². The predicted molar refractivity (Wildman–Crippen MR) is 79.0 cm³/mol. The maximum atomic E-state index is 5.93. The minimum Gasteiger partial charge on any atom is -0.397 e. The van der Waals surface area contributed by atoms with Crippen molar-refractivity contribution in [3.63, 3.8) is 0 Å². The zero-order valence-electron chi connectivity index (χ0n) is 11.0. The van der Waals surface area contributed by atoms with Crippen LogP contribution in [0.15, 0.2) is 42.5 Å². The number of hydrogen-bond donors (Lipinski definition) is 2. The van der Waals surface area contributed by atoms with E-state index in [4.69, 9.17) is 5.73 Å². The van der Waals surface area contributed by atoms with Crippen LogP contribution in [0.5, 0.6) is 0 Å². The molecule has 2 rings (SSSR count). The lowest BCUT2D eigenvalue weighted by Crippen LogP contribution is -2.07. The van der Waals surface area contributed by atoms with Crippen molar-refractivity contribution in [1.29, 1.82) is 0 Å². The topological polar surface area (TPSA) is 38.0 Å². The van der Waals surface area contributed by atoms with Gasteiger partial charge >= 0.3 is 0 Å². The van der Waals surface area contributed by atoms with E-state index in [1.54, 1.807) is 0 Å². The summed E-state index contributed by atoms with van der Waals surface area (Å²) in [6.45, 7) is 5.08. The van der Waals surface area contributed by atoms with Gasteiger partial charge < -0.3 is 11.1 Å². The van der Waals surface area contributed by atoms with Crippen LogP contribution in [0.2, 0.25) is 0 Å². The van der Waals surface area contributed by atoms with Gasteiger partial charge in [0.05, 0.1) is 11.4 Å². The molecule has 2 nitrogen and oxygen atoms in total. The molecule has 0 aromatic heterocycles. The summed E-state index contributed by atoms with van der Waals surface area (Å²) in [5.74, 6) is 0. The second-order valence-corrected chi connectivity index (χ2v) is 4.75. The highest BCUT2D eigenvalue weighted by atomic mass is 14.9. The molecule has 2 heteroatoms. The predicted octanol–water partition coefficient (Wildman–Crippen LogP) is 3.54. The molecule has 0 aliphatic carbocycles. The molecule has 0 spiro atoms. The number of nitrogens with one attached hydrogen (secondary N) is 1. The van der Waals surface area contributed by atoms with Crippen LogP contribution in [0.25, 0.3) is 0 Å². The highest BCUT2D eigenvalue weighted by molar-refractivity contribution is 5.66. The molecule has 94 valence electrons. The fourth-order valence-corrected chi connectivity index (χ4v) is 1.92. The quantitative estimate of drug-likeness (QED) is 0.802. The van der Waals surface area contributed by atoms with Crippen LogP contribution in [0, 0.1) is 13.8 Å². The minimum absolute atomic E-state index is 0.810. The Morgan fingerprint density at radius 2 is 1.61 bits per heavy atom. The maximum absolute atomic E-state index is 5.93. The van der Waals surface area contributed by atoms with Crippen molar-refractivity contribution in [2.24, 2.45) is 0 Å². The molecule has 3 N–H and O–H groups in total. The Morgan fingerprint density at radius 3 is 2.33 bits per heavy atom. The third-order valence-electron chi connectivity index (χ3n) is 3.06. The average molecular weight is 240 g/mol. The fraction of sp³-hybridized carbons (Fsp3) is 0.250. The number of anilines is 2. The van der Waals surface area contributed by atoms with Crippen LogP contribution in [0.3, 0.4) is 0 Å². The van der Waals surface area contributed by atoms with Crippen molar-refractivity contribution < 1.29 is 0 Å². The van der Waals surface area contributed by atoms with Gasteiger partial charge in [0.25, 0.3) is 0 Å². The molecule has 0 radical (unpaired) electrons. The van der Waals surface area contributed by atoms with E-state index >= 15 is 0 Å². The second kappa shape index (κ2) is 5.58. The van der Waals surface area contributed by atoms with Gasteiger partial charge in [-0.2, -0.15) is 0 Å². The van der Waals surface area contributed by atoms with Gasteiger partial charge in [0.2, 0.25) is 0 Å². The van der Waals surface area contributed by atoms with Crippen LogP contribution in [-0.4, -0.2) is 6.54 Å². The Morgan fingerprint density at radius 1 is 0.944 bits per heavy atom. The lowest BCUT2D eigenvalue weighted by atomic mass is 10.1. The SMILES string of the molecule is Cc1ccc(CCNc2cc(C)ccc2N)cc1. The Balaban J connectivity index is 1.92. The fourth-order valence-electron chi connectivity index (χ4n) is 1.92. The average Bonchev–Trinajstić information content (AvgIpc) is 2.36. The van der Waals surface area contributed by atoms with E-state index in [1.165, 1.54) is 16.7 Å². The molecule has 18 heavy (non-hydrogen) atoms. The standard InChI is InChI=1S/C16H20N2/c1-12-3-6-14(7-4-12)9-10-18-16-11-13(2)5-8-15(16)17/h3-8,11,18H,9-10,17H2,1-2H3. The van der Waals surface area contributed by atoms with Crippen molar-refractivity contribution in [1.82, 2.24) is 0 Å². The lowest BCUT2D eigenvalue weighted by molar-refractivity contribution is 1.02. The van der Waals surface area contributed by atoms with Gasteiger partial charge in [-0.05, 0) is 43.5 Å². The molecule has 0 aliphatic heterocycles. The van der Waals surface area contributed by atoms with Gasteiger partial charge in [0.1, 0.15) is 0 Å². The van der Waals surface area contributed by atoms with Crippen LogP contribution in [0.1, 0.15) is 16.7 Å². The molecule has 0 fully saturated rings. The van der Waals surface area contributed by atoms with Gasteiger partial charge in [-0.1, -0.05) is 35.9 Å². The van der Waals surface area contributed by atoms with E-state index in [-0.39, 0.29) is 0 Å². The highest BCUT2D eigenvalue weighted by Gasteiger charge is 1.99. The number of rotatable bonds is 4. The summed E-state index contributed by atoms with van der Waals surface area (Å²) in [5.41, 5.74) is 11.6. The summed E-state index contributed by atoms with van der Waals surface area (Å²) in [5, 5.41) is 3.39. The normalized spacial score (nSPS) is 10.3. The molecule has 0 aliphatic rings. The monoisotopic (exact) mass is 240 g/mol. The van der Waals surface area contributed by atoms with Crippen molar-refractivity contribution in [2.75, 3.05) is 17.6 Å². The molecular formula is C16H20N2. The Hall–Kier alpha value is -1.96. The smallest absolute Gasteiger partial charge is 0.0576 e. The number of nitrogens with two attached hydrogens (primary N) is 1. The van der Waals surface area contributed by atoms with Gasteiger partial charge in [-0.3, -0.25) is 0 Å². The number of aryl methyl sites for hydroxylation is 2. The van der Waals surface area contributed by atoms with Gasteiger partial charge in [-0.15, -0.1) is 0 Å². The first kappa shape index (κ1) is 12.5. The Bertz CT molecular complexity index is 515. The second-order valence-electron chi connectivity index (χ2n) is 4.75. The molecule has 0 saturated carbocycles. The molecule has 0 heterocycles. The van der Waals surface area contributed by atoms with Crippen molar-refractivity contribution in [3.05, 3.63) is 59.2 Å². The van der Waals surface area contributed by atoms with Crippen molar-refractivity contribution >= 4 is 11.4 Å². The minimum atomic E-state index is 0.810. The summed E-state index contributed by atoms with van der Waals surface area (Å²) in [4.78, 5) is 0. The van der Waals surface area contributed by atoms with Crippen LogP contribution < -0.4 is 11.1 Å². The Labute approximate surface area is 109 Å². The van der Waals surface area contributed by atoms with E-state index < -0.39 is 0 Å². The van der Waals surface area contributed by atoms with E-state index in [2.05, 4.69) is 49.5 Å². The van der Waals surface area contributed by atoms with Gasteiger partial charge in [-0.25, -0.2) is 0 Å². The Kier molecular flexibility index (Phi) is 3.88.